The van der Waals surface area contributed by atoms with Crippen molar-refractivity contribution in [3.63, 3.8) is 0 Å². The molecule has 0 atom stereocenters. The van der Waals surface area contributed by atoms with Crippen LogP contribution in [0.25, 0.3) is 5.69 Å². The zero-order chi connectivity index (χ0) is 13.7. The molecule has 1 fully saturated rings. The van der Waals surface area contributed by atoms with Crippen LogP contribution >= 0.6 is 0 Å². The molecule has 0 unspecified atom stereocenters. The Bertz CT molecular complexity index is 637. The van der Waals surface area contributed by atoms with Gasteiger partial charge >= 0.3 is 0 Å². The lowest BCUT2D eigenvalue weighted by molar-refractivity contribution is 0.144. The number of hydrogen-bond donors (Lipinski definition) is 0. The fourth-order valence-corrected chi connectivity index (χ4v) is 3.75. The third-order valence-corrected chi connectivity index (χ3v) is 4.93. The van der Waals surface area contributed by atoms with Crippen molar-refractivity contribution in [1.82, 2.24) is 25.1 Å². The topological polar surface area (TPSA) is 46.8 Å². The quantitative estimate of drug-likeness (QED) is 0.791. The summed E-state index contributed by atoms with van der Waals surface area (Å²) in [6.45, 7) is 6.76. The SMILES string of the molecule is CC(C)N1CCC2(CC1)c1ccccc1-n1nnnc12. The van der Waals surface area contributed by atoms with Crippen molar-refractivity contribution in [2.75, 3.05) is 13.1 Å². The van der Waals surface area contributed by atoms with E-state index in [1.165, 1.54) is 5.56 Å². The standard InChI is InChI=1S/C15H19N5/c1-11(2)19-9-7-15(8-10-19)12-5-3-4-6-13(12)20-14(15)16-17-18-20/h3-6,11H,7-10H2,1-2H3. The van der Waals surface area contributed by atoms with Crippen LogP contribution < -0.4 is 0 Å². The number of likely N-dealkylation sites (tertiary alicyclic amines) is 1. The Labute approximate surface area is 118 Å². The molecule has 1 aromatic carbocycles. The molecule has 0 amide bonds. The highest BCUT2D eigenvalue weighted by Crippen LogP contribution is 2.47. The second-order valence-electron chi connectivity index (χ2n) is 6.14. The predicted molar refractivity (Wildman–Crippen MR) is 75.9 cm³/mol. The molecule has 2 aliphatic heterocycles. The van der Waals surface area contributed by atoms with Crippen molar-refractivity contribution in [2.45, 2.75) is 38.1 Å². The summed E-state index contributed by atoms with van der Waals surface area (Å²) in [5.74, 6) is 1.03. The number of aromatic nitrogens is 4. The van der Waals surface area contributed by atoms with Gasteiger partial charge in [0.1, 0.15) is 0 Å². The summed E-state index contributed by atoms with van der Waals surface area (Å²) < 4.78 is 1.93. The van der Waals surface area contributed by atoms with Gasteiger partial charge in [0.2, 0.25) is 0 Å². The Morgan fingerprint density at radius 1 is 1.15 bits per heavy atom. The molecule has 0 aliphatic carbocycles. The Hall–Kier alpha value is -1.75. The first-order valence-electron chi connectivity index (χ1n) is 7.35. The van der Waals surface area contributed by atoms with Gasteiger partial charge < -0.3 is 4.90 Å². The van der Waals surface area contributed by atoms with E-state index in [1.54, 1.807) is 0 Å². The zero-order valence-corrected chi connectivity index (χ0v) is 12.0. The van der Waals surface area contributed by atoms with Crippen molar-refractivity contribution < 1.29 is 0 Å². The van der Waals surface area contributed by atoms with Crippen LogP contribution in [-0.4, -0.2) is 44.2 Å². The summed E-state index contributed by atoms with van der Waals surface area (Å²) in [7, 11) is 0. The molecule has 2 aromatic rings. The molecule has 3 heterocycles. The summed E-state index contributed by atoms with van der Waals surface area (Å²) in [6.07, 6.45) is 2.20. The maximum Gasteiger partial charge on any atom is 0.167 e. The summed E-state index contributed by atoms with van der Waals surface area (Å²) in [5, 5.41) is 12.4. The maximum atomic E-state index is 4.34. The van der Waals surface area contributed by atoms with Gasteiger partial charge in [-0.05, 0) is 61.8 Å². The van der Waals surface area contributed by atoms with E-state index in [0.29, 0.717) is 6.04 Å². The molecular formula is C15H19N5. The minimum Gasteiger partial charge on any atom is -0.301 e. The summed E-state index contributed by atoms with van der Waals surface area (Å²) >= 11 is 0. The second kappa shape index (κ2) is 4.12. The van der Waals surface area contributed by atoms with E-state index in [2.05, 4.69) is 58.5 Å². The average Bonchev–Trinajstić information content (AvgIpc) is 3.04. The Kier molecular flexibility index (Phi) is 2.48. The smallest absolute Gasteiger partial charge is 0.167 e. The highest BCUT2D eigenvalue weighted by molar-refractivity contribution is 5.54. The van der Waals surface area contributed by atoms with Crippen molar-refractivity contribution in [2.24, 2.45) is 0 Å². The lowest BCUT2D eigenvalue weighted by atomic mass is 9.73. The van der Waals surface area contributed by atoms with Crippen LogP contribution in [0.2, 0.25) is 0 Å². The number of benzene rings is 1. The fraction of sp³-hybridized carbons (Fsp3) is 0.533. The predicted octanol–water partition coefficient (Wildman–Crippen LogP) is 1.77. The van der Waals surface area contributed by atoms with Crippen molar-refractivity contribution in [1.29, 1.82) is 0 Å². The van der Waals surface area contributed by atoms with Gasteiger partial charge in [-0.2, -0.15) is 4.68 Å². The Morgan fingerprint density at radius 2 is 1.90 bits per heavy atom. The molecule has 5 heteroatoms. The monoisotopic (exact) mass is 269 g/mol. The van der Waals surface area contributed by atoms with Crippen LogP contribution in [0.4, 0.5) is 0 Å². The first kappa shape index (κ1) is 12.0. The first-order chi connectivity index (χ1) is 9.72. The average molecular weight is 269 g/mol. The van der Waals surface area contributed by atoms with Gasteiger partial charge in [-0.25, -0.2) is 0 Å². The molecule has 2 aliphatic rings. The normalized spacial score (nSPS) is 20.4. The van der Waals surface area contributed by atoms with Crippen LogP contribution in [0, 0.1) is 0 Å². The number of rotatable bonds is 1. The van der Waals surface area contributed by atoms with Crippen molar-refractivity contribution in [3.05, 3.63) is 35.7 Å². The van der Waals surface area contributed by atoms with E-state index >= 15 is 0 Å². The third-order valence-electron chi connectivity index (χ3n) is 4.93. The Morgan fingerprint density at radius 3 is 2.65 bits per heavy atom. The molecule has 1 spiro atoms. The molecule has 0 radical (unpaired) electrons. The molecule has 0 saturated carbocycles. The number of hydrogen-bond acceptors (Lipinski definition) is 4. The maximum absolute atomic E-state index is 4.34. The number of piperidine rings is 1. The minimum absolute atomic E-state index is 0.0193. The summed E-state index contributed by atoms with van der Waals surface area (Å²) in [6, 6.07) is 9.15. The van der Waals surface area contributed by atoms with E-state index < -0.39 is 0 Å². The first-order valence-corrected chi connectivity index (χ1v) is 7.35. The van der Waals surface area contributed by atoms with E-state index in [1.807, 2.05) is 4.68 Å². The van der Waals surface area contributed by atoms with Gasteiger partial charge in [0.05, 0.1) is 11.1 Å². The molecule has 20 heavy (non-hydrogen) atoms. The number of nitrogens with zero attached hydrogens (tertiary/aromatic N) is 5. The highest BCUT2D eigenvalue weighted by Gasteiger charge is 2.48. The van der Waals surface area contributed by atoms with Crippen molar-refractivity contribution >= 4 is 0 Å². The lowest BCUT2D eigenvalue weighted by Gasteiger charge is -2.40. The molecule has 1 saturated heterocycles. The summed E-state index contributed by atoms with van der Waals surface area (Å²) in [5.41, 5.74) is 2.55. The zero-order valence-electron chi connectivity index (χ0n) is 12.0. The van der Waals surface area contributed by atoms with E-state index in [-0.39, 0.29) is 5.41 Å². The van der Waals surface area contributed by atoms with Crippen LogP contribution in [0.3, 0.4) is 0 Å². The molecule has 5 nitrogen and oxygen atoms in total. The lowest BCUT2D eigenvalue weighted by Crippen LogP contribution is -2.45. The Balaban J connectivity index is 1.80. The number of para-hydroxylation sites is 1. The van der Waals surface area contributed by atoms with Crippen molar-refractivity contribution in [3.8, 4) is 5.69 Å². The van der Waals surface area contributed by atoms with Gasteiger partial charge in [-0.3, -0.25) is 0 Å². The van der Waals surface area contributed by atoms with Gasteiger partial charge in [0.25, 0.3) is 0 Å². The van der Waals surface area contributed by atoms with Gasteiger partial charge in [0.15, 0.2) is 5.82 Å². The van der Waals surface area contributed by atoms with E-state index in [4.69, 9.17) is 0 Å². The highest BCUT2D eigenvalue weighted by atomic mass is 15.6. The van der Waals surface area contributed by atoms with Gasteiger partial charge in [-0.1, -0.05) is 18.2 Å². The molecule has 0 bridgehead atoms. The number of tetrazole rings is 1. The molecular weight excluding hydrogens is 250 g/mol. The van der Waals surface area contributed by atoms with Crippen LogP contribution in [0.1, 0.15) is 38.1 Å². The summed E-state index contributed by atoms with van der Waals surface area (Å²) in [4.78, 5) is 2.54. The second-order valence-corrected chi connectivity index (χ2v) is 6.14. The number of fused-ring (bicyclic) bond motifs is 5. The third kappa shape index (κ3) is 1.44. The van der Waals surface area contributed by atoms with Gasteiger partial charge in [-0.15, -0.1) is 5.10 Å². The molecule has 104 valence electrons. The minimum atomic E-state index is 0.0193. The molecule has 0 N–H and O–H groups in total. The molecule has 4 rings (SSSR count). The van der Waals surface area contributed by atoms with Crippen LogP contribution in [-0.2, 0) is 5.41 Å². The van der Waals surface area contributed by atoms with E-state index in [0.717, 1.165) is 37.4 Å². The molecule has 1 aromatic heterocycles. The van der Waals surface area contributed by atoms with Crippen LogP contribution in [0.15, 0.2) is 24.3 Å². The fourth-order valence-electron chi connectivity index (χ4n) is 3.75. The van der Waals surface area contributed by atoms with E-state index in [9.17, 15) is 0 Å². The largest absolute Gasteiger partial charge is 0.301 e. The van der Waals surface area contributed by atoms with Crippen LogP contribution in [0.5, 0.6) is 0 Å². The van der Waals surface area contributed by atoms with Gasteiger partial charge in [0, 0.05) is 6.04 Å².